The Hall–Kier alpha value is -1.62. The van der Waals surface area contributed by atoms with E-state index in [4.69, 9.17) is 0 Å². The lowest BCUT2D eigenvalue weighted by Crippen LogP contribution is -2.15. The number of nitrogens with zero attached hydrogens (tertiary/aromatic N) is 1. The largest absolute Gasteiger partial charge is 0.282 e. The van der Waals surface area contributed by atoms with E-state index in [1.807, 2.05) is 25.1 Å². The summed E-state index contributed by atoms with van der Waals surface area (Å²) in [6, 6.07) is 7.45. The smallest absolute Gasteiger partial charge is 0.178 e. The van der Waals surface area contributed by atoms with Crippen molar-refractivity contribution in [2.75, 3.05) is 5.75 Å². The predicted octanol–water partition coefficient (Wildman–Crippen LogP) is 2.11. The van der Waals surface area contributed by atoms with E-state index in [1.54, 1.807) is 6.07 Å². The maximum atomic E-state index is 11.9. The second kappa shape index (κ2) is 3.95. The highest BCUT2D eigenvalue weighted by atomic mass is 32.2. The van der Waals surface area contributed by atoms with Crippen molar-refractivity contribution >= 4 is 9.84 Å². The third-order valence-corrected chi connectivity index (χ3v) is 5.15. The number of sulfone groups is 1. The van der Waals surface area contributed by atoms with E-state index < -0.39 is 9.84 Å². The molecule has 0 saturated carbocycles. The van der Waals surface area contributed by atoms with Crippen LogP contribution >= 0.6 is 0 Å². The summed E-state index contributed by atoms with van der Waals surface area (Å²) in [5.41, 5.74) is 3.74. The standard InChI is InChI=1S/C13H14N2O2S/c1-9-7-12(15-14-9)10-4-5-13-11(8-10)3-2-6-18(13,16)17/h4-5,7-8H,2-3,6H2,1H3,(H,14,15). The highest BCUT2D eigenvalue weighted by Gasteiger charge is 2.23. The van der Waals surface area contributed by atoms with Crippen LogP contribution in [0, 0.1) is 6.92 Å². The van der Waals surface area contributed by atoms with Crippen molar-refractivity contribution < 1.29 is 8.42 Å². The van der Waals surface area contributed by atoms with Gasteiger partial charge in [-0.15, -0.1) is 0 Å². The molecule has 0 radical (unpaired) electrons. The van der Waals surface area contributed by atoms with E-state index in [2.05, 4.69) is 10.2 Å². The summed E-state index contributed by atoms with van der Waals surface area (Å²) < 4.78 is 23.8. The second-order valence-corrected chi connectivity index (χ2v) is 6.76. The third-order valence-electron chi connectivity index (χ3n) is 3.26. The Morgan fingerprint density at radius 1 is 1.28 bits per heavy atom. The zero-order valence-corrected chi connectivity index (χ0v) is 10.9. The monoisotopic (exact) mass is 262 g/mol. The van der Waals surface area contributed by atoms with Crippen LogP contribution in [0.1, 0.15) is 17.7 Å². The summed E-state index contributed by atoms with van der Waals surface area (Å²) in [7, 11) is -3.06. The van der Waals surface area contributed by atoms with Crippen LogP contribution in [0.2, 0.25) is 0 Å². The molecular weight excluding hydrogens is 248 g/mol. The van der Waals surface area contributed by atoms with Crippen LogP contribution in [0.15, 0.2) is 29.2 Å². The van der Waals surface area contributed by atoms with Crippen LogP contribution in [-0.4, -0.2) is 24.4 Å². The average Bonchev–Trinajstić information content (AvgIpc) is 2.75. The maximum Gasteiger partial charge on any atom is 0.178 e. The minimum atomic E-state index is -3.06. The maximum absolute atomic E-state index is 11.9. The lowest BCUT2D eigenvalue weighted by molar-refractivity contribution is 0.586. The van der Waals surface area contributed by atoms with E-state index in [0.717, 1.165) is 28.9 Å². The van der Waals surface area contributed by atoms with Gasteiger partial charge in [-0.05, 0) is 43.5 Å². The number of aryl methyl sites for hydroxylation is 2. The van der Waals surface area contributed by atoms with Crippen molar-refractivity contribution in [3.05, 3.63) is 35.5 Å². The number of aromatic nitrogens is 2. The van der Waals surface area contributed by atoms with E-state index in [-0.39, 0.29) is 5.75 Å². The molecule has 0 amide bonds. The molecule has 0 aliphatic carbocycles. The first-order chi connectivity index (χ1) is 8.56. The molecular formula is C13H14N2O2S. The van der Waals surface area contributed by atoms with Gasteiger partial charge in [0.1, 0.15) is 0 Å². The normalized spacial score (nSPS) is 17.4. The molecule has 2 aromatic rings. The van der Waals surface area contributed by atoms with Crippen LogP contribution in [0.3, 0.4) is 0 Å². The van der Waals surface area contributed by atoms with Gasteiger partial charge in [0.2, 0.25) is 0 Å². The van der Waals surface area contributed by atoms with E-state index >= 15 is 0 Å². The second-order valence-electron chi connectivity index (χ2n) is 4.68. The van der Waals surface area contributed by atoms with Crippen LogP contribution in [0.25, 0.3) is 11.3 Å². The SMILES string of the molecule is Cc1cc(-c2ccc3c(c2)CCCS3(=O)=O)n[nH]1. The Balaban J connectivity index is 2.12. The first-order valence-electron chi connectivity index (χ1n) is 5.94. The Labute approximate surface area is 106 Å². The van der Waals surface area contributed by atoms with E-state index in [0.29, 0.717) is 11.3 Å². The highest BCUT2D eigenvalue weighted by Crippen LogP contribution is 2.29. The Bertz CT molecular complexity index is 702. The Morgan fingerprint density at radius 2 is 2.11 bits per heavy atom. The molecule has 1 aliphatic rings. The van der Waals surface area contributed by atoms with Crippen LogP contribution < -0.4 is 0 Å². The van der Waals surface area contributed by atoms with Gasteiger partial charge in [0, 0.05) is 11.3 Å². The number of nitrogens with one attached hydrogen (secondary N) is 1. The molecule has 1 aromatic carbocycles. The van der Waals surface area contributed by atoms with Gasteiger partial charge in [-0.1, -0.05) is 6.07 Å². The molecule has 2 heterocycles. The van der Waals surface area contributed by atoms with Crippen LogP contribution in [0.5, 0.6) is 0 Å². The zero-order valence-electron chi connectivity index (χ0n) is 10.1. The molecule has 0 atom stereocenters. The van der Waals surface area contributed by atoms with Gasteiger partial charge in [0.15, 0.2) is 9.84 Å². The Morgan fingerprint density at radius 3 is 2.83 bits per heavy atom. The molecule has 0 unspecified atom stereocenters. The van der Waals surface area contributed by atoms with Crippen molar-refractivity contribution in [1.29, 1.82) is 0 Å². The molecule has 0 saturated heterocycles. The number of rotatable bonds is 1. The van der Waals surface area contributed by atoms with Crippen molar-refractivity contribution in [1.82, 2.24) is 10.2 Å². The zero-order chi connectivity index (χ0) is 12.8. The molecule has 3 rings (SSSR count). The fraction of sp³-hybridized carbons (Fsp3) is 0.308. The number of H-pyrrole nitrogens is 1. The van der Waals surface area contributed by atoms with Crippen molar-refractivity contribution in [3.8, 4) is 11.3 Å². The number of fused-ring (bicyclic) bond motifs is 1. The van der Waals surface area contributed by atoms with Gasteiger partial charge in [-0.3, -0.25) is 5.10 Å². The molecule has 0 spiro atoms. The van der Waals surface area contributed by atoms with Crippen molar-refractivity contribution in [2.45, 2.75) is 24.7 Å². The summed E-state index contributed by atoms with van der Waals surface area (Å²) >= 11 is 0. The average molecular weight is 262 g/mol. The lowest BCUT2D eigenvalue weighted by Gasteiger charge is -2.16. The molecule has 4 nitrogen and oxygen atoms in total. The van der Waals surface area contributed by atoms with Crippen LogP contribution in [0.4, 0.5) is 0 Å². The summed E-state index contributed by atoms with van der Waals surface area (Å²) in [4.78, 5) is 0.491. The molecule has 1 aromatic heterocycles. The fourth-order valence-electron chi connectivity index (χ4n) is 2.37. The van der Waals surface area contributed by atoms with Crippen molar-refractivity contribution in [2.24, 2.45) is 0 Å². The molecule has 0 bridgehead atoms. The molecule has 0 fully saturated rings. The Kier molecular flexibility index (Phi) is 2.52. The molecule has 1 N–H and O–H groups in total. The van der Waals surface area contributed by atoms with Gasteiger partial charge in [0.25, 0.3) is 0 Å². The van der Waals surface area contributed by atoms with Gasteiger partial charge >= 0.3 is 0 Å². The van der Waals surface area contributed by atoms with Gasteiger partial charge in [-0.25, -0.2) is 8.42 Å². The number of benzene rings is 1. The summed E-state index contributed by atoms with van der Waals surface area (Å²) in [6.07, 6.45) is 1.53. The summed E-state index contributed by atoms with van der Waals surface area (Å²) in [6.45, 7) is 1.94. The topological polar surface area (TPSA) is 62.8 Å². The summed E-state index contributed by atoms with van der Waals surface area (Å²) in [5, 5.41) is 7.09. The fourth-order valence-corrected chi connectivity index (χ4v) is 3.95. The highest BCUT2D eigenvalue weighted by molar-refractivity contribution is 7.91. The van der Waals surface area contributed by atoms with E-state index in [1.165, 1.54) is 0 Å². The minimum Gasteiger partial charge on any atom is -0.282 e. The number of hydrogen-bond acceptors (Lipinski definition) is 3. The number of hydrogen-bond donors (Lipinski definition) is 1. The van der Waals surface area contributed by atoms with Gasteiger partial charge in [-0.2, -0.15) is 5.10 Å². The van der Waals surface area contributed by atoms with Gasteiger partial charge < -0.3 is 0 Å². The first-order valence-corrected chi connectivity index (χ1v) is 7.59. The third kappa shape index (κ3) is 1.84. The first kappa shape index (κ1) is 11.5. The molecule has 18 heavy (non-hydrogen) atoms. The molecule has 5 heteroatoms. The van der Waals surface area contributed by atoms with Gasteiger partial charge in [0.05, 0.1) is 16.3 Å². The summed E-state index contributed by atoms with van der Waals surface area (Å²) in [5.74, 6) is 0.265. The molecule has 1 aliphatic heterocycles. The predicted molar refractivity (Wildman–Crippen MR) is 69.1 cm³/mol. The van der Waals surface area contributed by atoms with Crippen molar-refractivity contribution in [3.63, 3.8) is 0 Å². The lowest BCUT2D eigenvalue weighted by atomic mass is 10.0. The number of aromatic amines is 1. The quantitative estimate of drug-likeness (QED) is 0.856. The van der Waals surface area contributed by atoms with Crippen LogP contribution in [-0.2, 0) is 16.3 Å². The van der Waals surface area contributed by atoms with E-state index in [9.17, 15) is 8.42 Å². The minimum absolute atomic E-state index is 0.265. The molecule has 94 valence electrons.